The highest BCUT2D eigenvalue weighted by Gasteiger charge is 2.30. The molecule has 0 aromatic heterocycles. The Balaban J connectivity index is 5.20. The molecule has 0 aromatic carbocycles. The van der Waals surface area contributed by atoms with Crippen LogP contribution in [0.5, 0.6) is 0 Å². The summed E-state index contributed by atoms with van der Waals surface area (Å²) >= 11 is 0. The zero-order valence-corrected chi connectivity index (χ0v) is 67.1. The lowest BCUT2D eigenvalue weighted by Crippen LogP contribution is -2.30. The maximum atomic E-state index is 13.1. The SMILES string of the molecule is CCCCCCCCCCCCCCCCCCCCCCC(=O)O[C@H](COC(=O)CCCCCCCCCCCCCCCCCCC(C)C)COP(=O)(O)OC[C@@H](O)COP(=O)(O)OC[C@@H](COC(=O)CCCCCCCCCCCC)OC(=O)CCCCCCCCCCCCC. The van der Waals surface area contributed by atoms with Crippen LogP contribution in [0.1, 0.15) is 433 Å². The highest BCUT2D eigenvalue weighted by Crippen LogP contribution is 2.45. The Labute approximate surface area is 613 Å². The predicted molar refractivity (Wildman–Crippen MR) is 409 cm³/mol. The van der Waals surface area contributed by atoms with Gasteiger partial charge in [-0.3, -0.25) is 37.3 Å². The summed E-state index contributed by atoms with van der Waals surface area (Å²) in [6.07, 6.45) is 65.2. The smallest absolute Gasteiger partial charge is 0.462 e. The monoisotopic (exact) mass is 1470 g/mol. The summed E-state index contributed by atoms with van der Waals surface area (Å²) in [6.45, 7) is 7.35. The summed E-state index contributed by atoms with van der Waals surface area (Å²) in [5.74, 6) is -1.29. The van der Waals surface area contributed by atoms with E-state index in [4.69, 9.17) is 37.0 Å². The molecule has 3 N–H and O–H groups in total. The molecule has 5 atom stereocenters. The first-order chi connectivity index (χ1) is 48.5. The zero-order chi connectivity index (χ0) is 73.4. The number of phosphoric ester groups is 2. The molecule has 0 saturated heterocycles. The maximum absolute atomic E-state index is 13.1. The quantitative estimate of drug-likeness (QED) is 0.0222. The van der Waals surface area contributed by atoms with Gasteiger partial charge in [0.2, 0.25) is 0 Å². The molecule has 0 aliphatic heterocycles. The summed E-state index contributed by atoms with van der Waals surface area (Å²) in [5, 5.41) is 10.6. The van der Waals surface area contributed by atoms with Crippen molar-refractivity contribution >= 4 is 39.5 Å². The summed E-state index contributed by atoms with van der Waals surface area (Å²) in [5.41, 5.74) is 0. The second kappa shape index (κ2) is 73.9. The zero-order valence-electron chi connectivity index (χ0n) is 65.3. The Bertz CT molecular complexity index is 1910. The van der Waals surface area contributed by atoms with Crippen molar-refractivity contribution in [1.82, 2.24) is 0 Å². The van der Waals surface area contributed by atoms with E-state index in [9.17, 15) is 43.2 Å². The van der Waals surface area contributed by atoms with Crippen LogP contribution in [0.2, 0.25) is 0 Å². The third-order valence-electron chi connectivity index (χ3n) is 19.0. The molecular formula is C81H158O17P2. The molecule has 17 nitrogen and oxygen atoms in total. The van der Waals surface area contributed by atoms with Crippen molar-refractivity contribution in [1.29, 1.82) is 0 Å². The highest BCUT2D eigenvalue weighted by atomic mass is 31.2. The van der Waals surface area contributed by atoms with Gasteiger partial charge in [-0.25, -0.2) is 9.13 Å². The lowest BCUT2D eigenvalue weighted by molar-refractivity contribution is -0.161. The molecule has 0 heterocycles. The highest BCUT2D eigenvalue weighted by molar-refractivity contribution is 7.47. The Morgan fingerprint density at radius 3 is 0.680 bits per heavy atom. The number of esters is 4. The van der Waals surface area contributed by atoms with Crippen LogP contribution >= 0.6 is 15.6 Å². The van der Waals surface area contributed by atoms with E-state index in [1.54, 1.807) is 0 Å². The fourth-order valence-corrected chi connectivity index (χ4v) is 14.2. The first kappa shape index (κ1) is 98.1. The largest absolute Gasteiger partial charge is 0.472 e. The van der Waals surface area contributed by atoms with Crippen molar-refractivity contribution in [2.75, 3.05) is 39.6 Å². The van der Waals surface area contributed by atoms with Crippen LogP contribution in [0.3, 0.4) is 0 Å². The van der Waals surface area contributed by atoms with Crippen LogP contribution < -0.4 is 0 Å². The summed E-state index contributed by atoms with van der Waals surface area (Å²) in [4.78, 5) is 72.9. The topological polar surface area (TPSA) is 237 Å². The fourth-order valence-electron chi connectivity index (χ4n) is 12.6. The number of hydrogen-bond acceptors (Lipinski definition) is 15. The second-order valence-electron chi connectivity index (χ2n) is 29.6. The van der Waals surface area contributed by atoms with E-state index in [-0.39, 0.29) is 25.7 Å². The van der Waals surface area contributed by atoms with Gasteiger partial charge in [0.05, 0.1) is 26.4 Å². The number of rotatable bonds is 81. The van der Waals surface area contributed by atoms with Crippen molar-refractivity contribution in [2.24, 2.45) is 5.92 Å². The van der Waals surface area contributed by atoms with E-state index in [2.05, 4.69) is 34.6 Å². The van der Waals surface area contributed by atoms with Crippen LogP contribution in [0, 0.1) is 5.92 Å². The summed E-state index contributed by atoms with van der Waals surface area (Å²) < 4.78 is 68.7. The number of phosphoric acid groups is 2. The van der Waals surface area contributed by atoms with Crippen molar-refractivity contribution in [3.8, 4) is 0 Å². The van der Waals surface area contributed by atoms with E-state index < -0.39 is 97.5 Å². The van der Waals surface area contributed by atoms with Gasteiger partial charge < -0.3 is 33.8 Å². The van der Waals surface area contributed by atoms with Crippen LogP contribution in [0.4, 0.5) is 0 Å². The number of aliphatic hydroxyl groups is 1. The maximum Gasteiger partial charge on any atom is 0.472 e. The molecule has 0 radical (unpaired) electrons. The lowest BCUT2D eigenvalue weighted by atomic mass is 10.0. The third-order valence-corrected chi connectivity index (χ3v) is 20.9. The Hall–Kier alpha value is -1.94. The van der Waals surface area contributed by atoms with Crippen molar-refractivity contribution in [2.45, 2.75) is 451 Å². The molecular weight excluding hydrogens is 1310 g/mol. The predicted octanol–water partition coefficient (Wildman–Crippen LogP) is 24.4. The molecule has 100 heavy (non-hydrogen) atoms. The minimum Gasteiger partial charge on any atom is -0.462 e. The van der Waals surface area contributed by atoms with Gasteiger partial charge in [0.15, 0.2) is 12.2 Å². The molecule has 0 aliphatic rings. The molecule has 0 aliphatic carbocycles. The van der Waals surface area contributed by atoms with Gasteiger partial charge in [-0.05, 0) is 31.6 Å². The number of carbonyl (C=O) groups excluding carboxylic acids is 4. The van der Waals surface area contributed by atoms with Gasteiger partial charge in [-0.15, -0.1) is 0 Å². The number of hydrogen-bond donors (Lipinski definition) is 3. The molecule has 0 fully saturated rings. The van der Waals surface area contributed by atoms with Gasteiger partial charge in [-0.2, -0.15) is 0 Å². The van der Waals surface area contributed by atoms with Crippen LogP contribution in [0.25, 0.3) is 0 Å². The first-order valence-electron chi connectivity index (χ1n) is 42.1. The molecule has 19 heteroatoms. The van der Waals surface area contributed by atoms with Gasteiger partial charge in [-0.1, -0.05) is 381 Å². The van der Waals surface area contributed by atoms with Gasteiger partial charge in [0.1, 0.15) is 19.3 Å². The Morgan fingerprint density at radius 2 is 0.460 bits per heavy atom. The third kappa shape index (κ3) is 74.3. The normalized spacial score (nSPS) is 13.8. The van der Waals surface area contributed by atoms with Crippen molar-refractivity contribution in [3.63, 3.8) is 0 Å². The summed E-state index contributed by atoms with van der Waals surface area (Å²) in [7, 11) is -9.91. The van der Waals surface area contributed by atoms with E-state index in [1.807, 2.05) is 0 Å². The minimum absolute atomic E-state index is 0.108. The van der Waals surface area contributed by atoms with E-state index >= 15 is 0 Å². The summed E-state index contributed by atoms with van der Waals surface area (Å²) in [6, 6.07) is 0. The van der Waals surface area contributed by atoms with Crippen molar-refractivity contribution in [3.05, 3.63) is 0 Å². The Morgan fingerprint density at radius 1 is 0.270 bits per heavy atom. The molecule has 0 aromatic rings. The number of unbranched alkanes of at least 4 members (excludes halogenated alkanes) is 53. The second-order valence-corrected chi connectivity index (χ2v) is 32.5. The molecule has 594 valence electrons. The molecule has 0 rings (SSSR count). The fraction of sp³-hybridized carbons (Fsp3) is 0.951. The van der Waals surface area contributed by atoms with E-state index in [1.165, 1.54) is 257 Å². The number of carbonyl (C=O) groups is 4. The van der Waals surface area contributed by atoms with Gasteiger partial charge >= 0.3 is 39.5 Å². The van der Waals surface area contributed by atoms with Crippen LogP contribution in [-0.4, -0.2) is 96.7 Å². The van der Waals surface area contributed by atoms with E-state index in [0.717, 1.165) is 95.8 Å². The van der Waals surface area contributed by atoms with Crippen molar-refractivity contribution < 1.29 is 80.2 Å². The standard InChI is InChI=1S/C81H158O17P2/c1-6-9-12-15-18-21-24-25-26-27-28-29-30-35-38-42-47-52-57-62-67-81(86)98-77(71-92-79(84)65-60-55-50-45-41-37-34-32-31-33-36-40-43-48-53-58-63-74(4)5)73-96-100(89,90)94-69-75(82)68-93-99(87,88)95-72-76(70-91-78(83)64-59-54-49-44-23-20-17-14-11-8-3)97-80(85)66-61-56-51-46-39-22-19-16-13-10-7-2/h74-77,82H,6-73H2,1-5H3,(H,87,88)(H,89,90)/t75-,76+,77+/m0/s1. The van der Waals surface area contributed by atoms with Crippen LogP contribution in [-0.2, 0) is 65.4 Å². The molecule has 0 bridgehead atoms. The average molecular weight is 1470 g/mol. The van der Waals surface area contributed by atoms with Gasteiger partial charge in [0, 0.05) is 25.7 Å². The molecule has 0 saturated carbocycles. The van der Waals surface area contributed by atoms with E-state index in [0.29, 0.717) is 25.7 Å². The number of ether oxygens (including phenoxy) is 4. The number of aliphatic hydroxyl groups excluding tert-OH is 1. The average Bonchev–Trinajstić information content (AvgIpc) is 0.980. The lowest BCUT2D eigenvalue weighted by Gasteiger charge is -2.21. The van der Waals surface area contributed by atoms with Crippen LogP contribution in [0.15, 0.2) is 0 Å². The molecule has 0 spiro atoms. The Kier molecular flexibility index (Phi) is 72.5. The minimum atomic E-state index is -4.96. The molecule has 2 unspecified atom stereocenters. The van der Waals surface area contributed by atoms with Gasteiger partial charge in [0.25, 0.3) is 0 Å². The first-order valence-corrected chi connectivity index (χ1v) is 45.1. The molecule has 0 amide bonds.